The lowest BCUT2D eigenvalue weighted by Crippen LogP contribution is -2.36. The fourth-order valence-corrected chi connectivity index (χ4v) is 1.81. The number of nitrogens with one attached hydrogen (secondary N) is 2. The van der Waals surface area contributed by atoms with Crippen LogP contribution in [0.3, 0.4) is 0 Å². The van der Waals surface area contributed by atoms with Gasteiger partial charge in [0.1, 0.15) is 5.01 Å². The van der Waals surface area contributed by atoms with Gasteiger partial charge in [-0.25, -0.2) is 4.98 Å². The van der Waals surface area contributed by atoms with Crippen LogP contribution in [0.1, 0.15) is 17.6 Å². The second-order valence-electron chi connectivity index (χ2n) is 3.08. The van der Waals surface area contributed by atoms with Gasteiger partial charge >= 0.3 is 6.18 Å². The van der Waals surface area contributed by atoms with Gasteiger partial charge in [0.2, 0.25) is 0 Å². The highest BCUT2D eigenvalue weighted by molar-refractivity contribution is 14.0. The molecule has 2 N–H and O–H groups in total. The van der Waals surface area contributed by atoms with Gasteiger partial charge in [0.15, 0.2) is 11.7 Å². The molecular formula is C9H14F3IN4S. The van der Waals surface area contributed by atoms with Crippen LogP contribution in [0.2, 0.25) is 0 Å². The Bertz CT molecular complexity index is 391. The fraction of sp³-hybridized carbons (Fsp3) is 0.556. The number of hydrogen-bond donors (Lipinski definition) is 2. The minimum Gasteiger partial charge on any atom is -0.357 e. The molecule has 18 heavy (non-hydrogen) atoms. The van der Waals surface area contributed by atoms with E-state index >= 15 is 0 Å². The number of guanidine groups is 1. The summed E-state index contributed by atoms with van der Waals surface area (Å²) in [7, 11) is 1.59. The Morgan fingerprint density at radius 1 is 1.44 bits per heavy atom. The highest BCUT2D eigenvalue weighted by Crippen LogP contribution is 2.29. The molecule has 0 spiro atoms. The van der Waals surface area contributed by atoms with Crippen molar-refractivity contribution in [1.82, 2.24) is 15.6 Å². The molecular weight excluding hydrogens is 380 g/mol. The molecule has 0 radical (unpaired) electrons. The van der Waals surface area contributed by atoms with E-state index in [0.29, 0.717) is 17.5 Å². The van der Waals surface area contributed by atoms with Gasteiger partial charge in [-0.3, -0.25) is 4.99 Å². The molecule has 0 aromatic carbocycles. The Kier molecular flexibility index (Phi) is 7.52. The monoisotopic (exact) mass is 394 g/mol. The highest BCUT2D eigenvalue weighted by Gasteiger charge is 2.33. The van der Waals surface area contributed by atoms with Crippen LogP contribution in [0.15, 0.2) is 10.4 Å². The molecule has 1 rings (SSSR count). The van der Waals surface area contributed by atoms with Crippen molar-refractivity contribution in [3.05, 3.63) is 16.1 Å². The lowest BCUT2D eigenvalue weighted by molar-refractivity contribution is -0.140. The van der Waals surface area contributed by atoms with Gasteiger partial charge in [-0.05, 0) is 6.92 Å². The molecule has 4 nitrogen and oxygen atoms in total. The van der Waals surface area contributed by atoms with Gasteiger partial charge < -0.3 is 10.6 Å². The maximum atomic E-state index is 12.3. The minimum absolute atomic E-state index is 0. The molecule has 0 saturated heterocycles. The van der Waals surface area contributed by atoms with Crippen LogP contribution in [0, 0.1) is 0 Å². The number of alkyl halides is 3. The minimum atomic E-state index is -4.38. The summed E-state index contributed by atoms with van der Waals surface area (Å²) < 4.78 is 36.8. The highest BCUT2D eigenvalue weighted by atomic mass is 127. The molecule has 104 valence electrons. The zero-order valence-corrected chi connectivity index (χ0v) is 13.0. The van der Waals surface area contributed by atoms with Gasteiger partial charge in [-0.1, -0.05) is 0 Å². The molecule has 1 aromatic heterocycles. The zero-order valence-electron chi connectivity index (χ0n) is 9.84. The van der Waals surface area contributed by atoms with Crippen molar-refractivity contribution in [2.75, 3.05) is 13.6 Å². The Morgan fingerprint density at radius 3 is 2.56 bits per heavy atom. The molecule has 0 amide bonds. The van der Waals surface area contributed by atoms with Crippen LogP contribution >= 0.6 is 35.3 Å². The third-order valence-corrected chi connectivity index (χ3v) is 2.67. The Hall–Kier alpha value is -0.580. The molecule has 0 saturated carbocycles. The van der Waals surface area contributed by atoms with Crippen LogP contribution < -0.4 is 10.6 Å². The summed E-state index contributed by atoms with van der Waals surface area (Å²) in [6.07, 6.45) is -4.38. The van der Waals surface area contributed by atoms with Crippen molar-refractivity contribution in [3.63, 3.8) is 0 Å². The van der Waals surface area contributed by atoms with Gasteiger partial charge in [-0.15, -0.1) is 35.3 Å². The Balaban J connectivity index is 0.00000289. The van der Waals surface area contributed by atoms with Crippen molar-refractivity contribution in [2.24, 2.45) is 4.99 Å². The summed E-state index contributed by atoms with van der Waals surface area (Å²) in [5.41, 5.74) is -0.849. The van der Waals surface area contributed by atoms with E-state index in [2.05, 4.69) is 20.6 Å². The molecule has 0 unspecified atom stereocenters. The van der Waals surface area contributed by atoms with Gasteiger partial charge in [0.05, 0.1) is 6.54 Å². The first-order chi connectivity index (χ1) is 7.97. The maximum Gasteiger partial charge on any atom is 0.434 e. The predicted octanol–water partition coefficient (Wildman–Crippen LogP) is 2.46. The Morgan fingerprint density at radius 2 is 2.11 bits per heavy atom. The molecule has 1 aromatic rings. The summed E-state index contributed by atoms with van der Waals surface area (Å²) >= 11 is 0.971. The number of nitrogens with zero attached hydrogens (tertiary/aromatic N) is 2. The van der Waals surface area contributed by atoms with Crippen molar-refractivity contribution in [1.29, 1.82) is 0 Å². The largest absolute Gasteiger partial charge is 0.434 e. The standard InChI is InChI=1S/C9H13F3N4S.HI/c1-3-14-8(13-2)15-4-7-16-6(5-17-7)9(10,11)12;/h5H,3-4H2,1-2H3,(H2,13,14,15);1H. The number of halogens is 4. The summed E-state index contributed by atoms with van der Waals surface area (Å²) in [6.45, 7) is 2.81. The summed E-state index contributed by atoms with van der Waals surface area (Å²) in [6, 6.07) is 0. The van der Waals surface area contributed by atoms with E-state index in [4.69, 9.17) is 0 Å². The molecule has 1 heterocycles. The summed E-state index contributed by atoms with van der Waals surface area (Å²) in [5, 5.41) is 7.18. The number of aromatic nitrogens is 1. The summed E-state index contributed by atoms with van der Waals surface area (Å²) in [5.74, 6) is 0.538. The molecule has 0 bridgehead atoms. The smallest absolute Gasteiger partial charge is 0.357 e. The fourth-order valence-electron chi connectivity index (χ4n) is 1.07. The van der Waals surface area contributed by atoms with Gasteiger partial charge in [0, 0.05) is 19.0 Å². The van der Waals surface area contributed by atoms with Crippen LogP contribution in [0.5, 0.6) is 0 Å². The first-order valence-electron chi connectivity index (χ1n) is 4.93. The molecule has 9 heteroatoms. The number of hydrogen-bond acceptors (Lipinski definition) is 3. The van der Waals surface area contributed by atoms with E-state index in [0.717, 1.165) is 16.7 Å². The van der Waals surface area contributed by atoms with E-state index in [1.807, 2.05) is 6.92 Å². The molecule has 0 atom stereocenters. The average molecular weight is 394 g/mol. The van der Waals surface area contributed by atoms with E-state index < -0.39 is 11.9 Å². The van der Waals surface area contributed by atoms with Crippen LogP contribution in [-0.4, -0.2) is 24.5 Å². The van der Waals surface area contributed by atoms with E-state index in [-0.39, 0.29) is 30.5 Å². The average Bonchev–Trinajstić information content (AvgIpc) is 2.72. The third-order valence-electron chi connectivity index (χ3n) is 1.82. The number of thiazole rings is 1. The quantitative estimate of drug-likeness (QED) is 0.471. The second-order valence-corrected chi connectivity index (χ2v) is 4.02. The van der Waals surface area contributed by atoms with Gasteiger partial charge in [0.25, 0.3) is 0 Å². The van der Waals surface area contributed by atoms with Crippen LogP contribution in [0.25, 0.3) is 0 Å². The SMILES string of the molecule is CCNC(=NC)NCc1nc(C(F)(F)F)cs1.I. The summed E-state index contributed by atoms with van der Waals surface area (Å²) in [4.78, 5) is 7.39. The molecule has 0 fully saturated rings. The maximum absolute atomic E-state index is 12.3. The Labute approximate surface area is 124 Å². The van der Waals surface area contributed by atoms with E-state index in [1.165, 1.54) is 0 Å². The number of rotatable bonds is 3. The lowest BCUT2D eigenvalue weighted by atomic mass is 10.5. The third kappa shape index (κ3) is 5.38. The molecule has 0 aliphatic carbocycles. The number of aliphatic imine (C=N–C) groups is 1. The van der Waals surface area contributed by atoms with Crippen molar-refractivity contribution >= 4 is 41.3 Å². The predicted molar refractivity (Wildman–Crippen MR) is 76.4 cm³/mol. The zero-order chi connectivity index (χ0) is 12.9. The van der Waals surface area contributed by atoms with Gasteiger partial charge in [-0.2, -0.15) is 13.2 Å². The van der Waals surface area contributed by atoms with Crippen molar-refractivity contribution < 1.29 is 13.2 Å². The first kappa shape index (κ1) is 17.4. The van der Waals surface area contributed by atoms with Crippen molar-refractivity contribution in [2.45, 2.75) is 19.6 Å². The molecule has 0 aliphatic rings. The van der Waals surface area contributed by atoms with Crippen LogP contribution in [0.4, 0.5) is 13.2 Å². The van der Waals surface area contributed by atoms with E-state index in [9.17, 15) is 13.2 Å². The van der Waals surface area contributed by atoms with E-state index in [1.54, 1.807) is 7.05 Å². The topological polar surface area (TPSA) is 49.3 Å². The normalized spacial score (nSPS) is 11.9. The van der Waals surface area contributed by atoms with Crippen molar-refractivity contribution in [3.8, 4) is 0 Å². The second kappa shape index (κ2) is 7.77. The lowest BCUT2D eigenvalue weighted by Gasteiger charge is -2.08. The first-order valence-corrected chi connectivity index (χ1v) is 5.81. The van der Waals surface area contributed by atoms with Crippen LogP contribution in [-0.2, 0) is 12.7 Å². The molecule has 0 aliphatic heterocycles.